The molecule has 0 bridgehead atoms. The van der Waals surface area contributed by atoms with E-state index >= 15 is 0 Å². The van der Waals surface area contributed by atoms with Crippen LogP contribution in [0.5, 0.6) is 5.75 Å². The number of rotatable bonds is 4. The second-order valence-corrected chi connectivity index (χ2v) is 9.54. The highest BCUT2D eigenvalue weighted by molar-refractivity contribution is 5.96. The molecule has 0 saturated heterocycles. The fourth-order valence-corrected chi connectivity index (χ4v) is 4.96. The van der Waals surface area contributed by atoms with E-state index in [0.717, 1.165) is 28.3 Å². The van der Waals surface area contributed by atoms with E-state index in [2.05, 4.69) is 18.4 Å². The molecule has 7 nitrogen and oxygen atoms in total. The van der Waals surface area contributed by atoms with Gasteiger partial charge in [0.2, 0.25) is 0 Å². The Morgan fingerprint density at radius 1 is 1.00 bits per heavy atom. The molecule has 0 radical (unpaired) electrons. The van der Waals surface area contributed by atoms with Gasteiger partial charge in [-0.05, 0) is 55.3 Å². The smallest absolute Gasteiger partial charge is 0.331 e. The number of hydrogen-bond donors (Lipinski definition) is 0. The second kappa shape index (κ2) is 8.43. The highest BCUT2D eigenvalue weighted by atomic mass is 16.5. The minimum absolute atomic E-state index is 0.322. The van der Waals surface area contributed by atoms with Gasteiger partial charge in [0.25, 0.3) is 5.56 Å². The summed E-state index contributed by atoms with van der Waals surface area (Å²) in [6, 6.07) is 17.7. The van der Waals surface area contributed by atoms with Crippen LogP contribution in [-0.4, -0.2) is 27.4 Å². The van der Waals surface area contributed by atoms with Gasteiger partial charge in [0.15, 0.2) is 0 Å². The van der Waals surface area contributed by atoms with Crippen LogP contribution in [0.1, 0.15) is 31.2 Å². The molecule has 35 heavy (non-hydrogen) atoms. The molecule has 0 fully saturated rings. The molecule has 4 aromatic rings. The molecule has 1 aliphatic rings. The molecule has 2 aromatic carbocycles. The number of ether oxygens (including phenoxy) is 2. The third kappa shape index (κ3) is 3.63. The largest absolute Gasteiger partial charge is 0.497 e. The monoisotopic (exact) mass is 471 g/mol. The van der Waals surface area contributed by atoms with Crippen molar-refractivity contribution in [2.45, 2.75) is 25.5 Å². The summed E-state index contributed by atoms with van der Waals surface area (Å²) < 4.78 is 16.6. The van der Waals surface area contributed by atoms with E-state index in [1.165, 1.54) is 11.6 Å². The molecule has 0 amide bonds. The lowest BCUT2D eigenvalue weighted by Crippen LogP contribution is -2.39. The maximum Gasteiger partial charge on any atom is 0.331 e. The summed E-state index contributed by atoms with van der Waals surface area (Å²) in [5.74, 6) is 0.732. The van der Waals surface area contributed by atoms with Crippen molar-refractivity contribution in [3.05, 3.63) is 92.8 Å². The predicted molar refractivity (Wildman–Crippen MR) is 138 cm³/mol. The lowest BCUT2D eigenvalue weighted by Gasteiger charge is -2.38. The van der Waals surface area contributed by atoms with Crippen LogP contribution in [-0.2, 0) is 24.4 Å². The van der Waals surface area contributed by atoms with E-state index in [4.69, 9.17) is 9.47 Å². The average Bonchev–Trinajstić information content (AvgIpc) is 3.24. The van der Waals surface area contributed by atoms with E-state index in [9.17, 15) is 9.59 Å². The van der Waals surface area contributed by atoms with E-state index < -0.39 is 11.6 Å². The van der Waals surface area contributed by atoms with Gasteiger partial charge < -0.3 is 14.0 Å². The maximum absolute atomic E-state index is 13.6. The standard InChI is InChI=1S/C28H29N3O4/c1-28(2)17-35-21(16-11-18-9-7-6-8-10-18)24-25-22(26(32)30(4)27(33)29(25)3)23(31(24)28)19-12-14-20(34-5)15-13-19/h6-16,21H,17H2,1-5H3/b16-11+. The van der Waals surface area contributed by atoms with Gasteiger partial charge in [-0.3, -0.25) is 13.9 Å². The third-order valence-corrected chi connectivity index (χ3v) is 6.73. The van der Waals surface area contributed by atoms with E-state index in [1.807, 2.05) is 66.7 Å². The van der Waals surface area contributed by atoms with Crippen molar-refractivity contribution in [3.8, 4) is 17.0 Å². The topological polar surface area (TPSA) is 67.4 Å². The Morgan fingerprint density at radius 2 is 1.69 bits per heavy atom. The summed E-state index contributed by atoms with van der Waals surface area (Å²) in [5.41, 5.74) is 2.94. The number of benzene rings is 2. The number of fused-ring (bicyclic) bond motifs is 3. The quantitative estimate of drug-likeness (QED) is 0.447. The van der Waals surface area contributed by atoms with Crippen LogP contribution in [0.2, 0.25) is 0 Å². The Labute approximate surface area is 203 Å². The van der Waals surface area contributed by atoms with Gasteiger partial charge in [-0.2, -0.15) is 0 Å². The molecule has 7 heteroatoms. The molecule has 2 aromatic heterocycles. The normalized spacial score (nSPS) is 17.1. The Bertz CT molecular complexity index is 1550. The summed E-state index contributed by atoms with van der Waals surface area (Å²) in [5, 5.41) is 0.506. The van der Waals surface area contributed by atoms with Gasteiger partial charge >= 0.3 is 5.69 Å². The molecular weight excluding hydrogens is 442 g/mol. The number of aryl methyl sites for hydroxylation is 1. The first-order chi connectivity index (χ1) is 16.7. The van der Waals surface area contributed by atoms with Crippen LogP contribution in [0, 0.1) is 0 Å². The highest BCUT2D eigenvalue weighted by Gasteiger charge is 2.39. The van der Waals surface area contributed by atoms with E-state index in [-0.39, 0.29) is 11.2 Å². The van der Waals surface area contributed by atoms with Gasteiger partial charge in [-0.15, -0.1) is 0 Å². The molecule has 180 valence electrons. The number of nitrogens with zero attached hydrogens (tertiary/aromatic N) is 3. The Balaban J connectivity index is 1.88. The molecule has 0 N–H and O–H groups in total. The zero-order valence-electron chi connectivity index (χ0n) is 20.6. The summed E-state index contributed by atoms with van der Waals surface area (Å²) in [6.07, 6.45) is 3.57. The molecule has 3 heterocycles. The van der Waals surface area contributed by atoms with Gasteiger partial charge in [0.1, 0.15) is 11.9 Å². The summed E-state index contributed by atoms with van der Waals surface area (Å²) in [6.45, 7) is 4.62. The van der Waals surface area contributed by atoms with Crippen molar-refractivity contribution in [1.82, 2.24) is 13.7 Å². The lowest BCUT2D eigenvalue weighted by atomic mass is 10.0. The van der Waals surface area contributed by atoms with Crippen LogP contribution in [0.25, 0.3) is 28.2 Å². The van der Waals surface area contributed by atoms with Crippen molar-refractivity contribution >= 4 is 17.0 Å². The average molecular weight is 472 g/mol. The Hall–Kier alpha value is -3.84. The summed E-state index contributed by atoms with van der Waals surface area (Å²) in [4.78, 5) is 26.6. The van der Waals surface area contributed by atoms with Gasteiger partial charge in [0.05, 0.1) is 41.5 Å². The zero-order valence-corrected chi connectivity index (χ0v) is 20.6. The predicted octanol–water partition coefficient (Wildman–Crippen LogP) is 4.23. The van der Waals surface area contributed by atoms with Crippen molar-refractivity contribution in [2.75, 3.05) is 13.7 Å². The fourth-order valence-electron chi connectivity index (χ4n) is 4.96. The Morgan fingerprint density at radius 3 is 2.34 bits per heavy atom. The molecule has 5 rings (SSSR count). The summed E-state index contributed by atoms with van der Waals surface area (Å²) in [7, 11) is 4.86. The summed E-state index contributed by atoms with van der Waals surface area (Å²) >= 11 is 0. The van der Waals surface area contributed by atoms with Gasteiger partial charge in [-0.25, -0.2) is 4.79 Å². The van der Waals surface area contributed by atoms with Crippen LogP contribution in [0.3, 0.4) is 0 Å². The molecule has 1 unspecified atom stereocenters. The number of hydrogen-bond acceptors (Lipinski definition) is 4. The second-order valence-electron chi connectivity index (χ2n) is 9.54. The molecule has 0 spiro atoms. The highest BCUT2D eigenvalue weighted by Crippen LogP contribution is 2.44. The number of methoxy groups -OCH3 is 1. The first-order valence-electron chi connectivity index (χ1n) is 11.6. The molecule has 0 saturated carbocycles. The van der Waals surface area contributed by atoms with E-state index in [0.29, 0.717) is 17.5 Å². The first-order valence-corrected chi connectivity index (χ1v) is 11.6. The van der Waals surface area contributed by atoms with Gasteiger partial charge in [0, 0.05) is 14.1 Å². The first kappa shape index (κ1) is 22.9. The van der Waals surface area contributed by atoms with Crippen molar-refractivity contribution in [1.29, 1.82) is 0 Å². The maximum atomic E-state index is 13.6. The fraction of sp³-hybridized carbons (Fsp3) is 0.286. The van der Waals surface area contributed by atoms with Crippen LogP contribution in [0.15, 0.2) is 70.3 Å². The van der Waals surface area contributed by atoms with E-state index in [1.54, 1.807) is 18.7 Å². The third-order valence-electron chi connectivity index (χ3n) is 6.73. The molecule has 1 aliphatic heterocycles. The van der Waals surface area contributed by atoms with Gasteiger partial charge in [-0.1, -0.05) is 36.4 Å². The minimum Gasteiger partial charge on any atom is -0.497 e. The molecular formula is C28H29N3O4. The van der Waals surface area contributed by atoms with Crippen molar-refractivity contribution in [2.24, 2.45) is 14.1 Å². The SMILES string of the molecule is COc1ccc(-c2c3c(=O)n(C)c(=O)n(C)c3c3n2C(C)(C)COC3/C=C/c2ccccc2)cc1. The van der Waals surface area contributed by atoms with Crippen molar-refractivity contribution < 1.29 is 9.47 Å². The Kier molecular flexibility index (Phi) is 5.52. The van der Waals surface area contributed by atoms with Crippen LogP contribution in [0.4, 0.5) is 0 Å². The molecule has 0 aliphatic carbocycles. The zero-order chi connectivity index (χ0) is 24.9. The van der Waals surface area contributed by atoms with Crippen LogP contribution >= 0.6 is 0 Å². The minimum atomic E-state index is -0.457. The molecule has 1 atom stereocenters. The van der Waals surface area contributed by atoms with Crippen LogP contribution < -0.4 is 16.0 Å². The number of aromatic nitrogens is 3. The van der Waals surface area contributed by atoms with Crippen molar-refractivity contribution in [3.63, 3.8) is 0 Å². The lowest BCUT2D eigenvalue weighted by molar-refractivity contribution is -0.00302.